The van der Waals surface area contributed by atoms with Gasteiger partial charge >= 0.3 is 0 Å². The lowest BCUT2D eigenvalue weighted by atomic mass is 10.3. The molecule has 0 unspecified atom stereocenters. The Morgan fingerprint density at radius 2 is 2.16 bits per heavy atom. The Morgan fingerprint density at radius 1 is 1.36 bits per heavy atom. The summed E-state index contributed by atoms with van der Waals surface area (Å²) >= 11 is 4.74. The molecule has 1 N–H and O–H groups in total. The lowest BCUT2D eigenvalue weighted by Gasteiger charge is -2.20. The number of benzene rings is 1. The number of hydrogen-bond acceptors (Lipinski definition) is 4. The Balaban J connectivity index is 1.82. The molecule has 0 aliphatic carbocycles. The Morgan fingerprint density at radius 3 is 2.80 bits per heavy atom. The molecule has 0 radical (unpaired) electrons. The third-order valence-electron chi connectivity index (χ3n) is 3.35. The van der Waals surface area contributed by atoms with Crippen LogP contribution in [0.25, 0.3) is 0 Å². The van der Waals surface area contributed by atoms with Crippen molar-refractivity contribution in [2.75, 3.05) is 19.7 Å². The van der Waals surface area contributed by atoms with Gasteiger partial charge in [0.25, 0.3) is 5.91 Å². The molecule has 1 heterocycles. The first-order chi connectivity index (χ1) is 12.0. The fraction of sp³-hybridized carbons (Fsp3) is 0.294. The van der Waals surface area contributed by atoms with Gasteiger partial charge < -0.3 is 15.0 Å². The number of halogens is 2. The summed E-state index contributed by atoms with van der Waals surface area (Å²) in [5.74, 6) is -0.576. The van der Waals surface area contributed by atoms with E-state index in [-0.39, 0.29) is 25.0 Å². The van der Waals surface area contributed by atoms with E-state index in [1.165, 1.54) is 23.1 Å². The van der Waals surface area contributed by atoms with Crippen molar-refractivity contribution in [1.29, 1.82) is 0 Å². The molecule has 0 bridgehead atoms. The van der Waals surface area contributed by atoms with Crippen molar-refractivity contribution in [2.45, 2.75) is 13.5 Å². The Bertz CT molecular complexity index is 725. The summed E-state index contributed by atoms with van der Waals surface area (Å²) in [6.45, 7) is 2.36. The summed E-state index contributed by atoms with van der Waals surface area (Å²) in [5.41, 5.74) is 0. The first-order valence-corrected chi connectivity index (χ1v) is 9.31. The van der Waals surface area contributed by atoms with E-state index in [0.717, 1.165) is 4.88 Å². The second kappa shape index (κ2) is 9.53. The van der Waals surface area contributed by atoms with Gasteiger partial charge in [-0.25, -0.2) is 4.39 Å². The quantitative estimate of drug-likeness (QED) is 0.702. The van der Waals surface area contributed by atoms with Crippen molar-refractivity contribution in [3.05, 3.63) is 50.9 Å². The zero-order chi connectivity index (χ0) is 18.2. The molecule has 0 saturated heterocycles. The molecule has 134 valence electrons. The molecule has 0 atom stereocenters. The minimum atomic E-state index is -0.400. The van der Waals surface area contributed by atoms with Gasteiger partial charge in [-0.1, -0.05) is 6.07 Å². The first kappa shape index (κ1) is 19.4. The lowest BCUT2D eigenvalue weighted by molar-refractivity contribution is -0.137. The predicted octanol–water partition coefficient (Wildman–Crippen LogP) is 3.19. The van der Waals surface area contributed by atoms with Crippen LogP contribution < -0.4 is 10.1 Å². The van der Waals surface area contributed by atoms with Crippen molar-refractivity contribution in [3.8, 4) is 5.75 Å². The predicted molar refractivity (Wildman–Crippen MR) is 98.0 cm³/mol. The fourth-order valence-electron chi connectivity index (χ4n) is 2.03. The van der Waals surface area contributed by atoms with Crippen LogP contribution in [0.4, 0.5) is 4.39 Å². The zero-order valence-corrected chi connectivity index (χ0v) is 16.0. The smallest absolute Gasteiger partial charge is 0.260 e. The average Bonchev–Trinajstić information content (AvgIpc) is 3.10. The topological polar surface area (TPSA) is 58.6 Å². The summed E-state index contributed by atoms with van der Waals surface area (Å²) in [6.07, 6.45) is 0. The molecule has 5 nitrogen and oxygen atoms in total. The molecule has 2 amide bonds. The van der Waals surface area contributed by atoms with Crippen LogP contribution in [0, 0.1) is 5.82 Å². The van der Waals surface area contributed by atoms with E-state index < -0.39 is 5.82 Å². The second-order valence-electron chi connectivity index (χ2n) is 5.13. The molecule has 8 heteroatoms. The van der Waals surface area contributed by atoms with Crippen LogP contribution in [0.1, 0.15) is 11.8 Å². The molecule has 0 aliphatic rings. The molecule has 0 spiro atoms. The van der Waals surface area contributed by atoms with Crippen molar-refractivity contribution in [3.63, 3.8) is 0 Å². The minimum absolute atomic E-state index is 0.0331. The number of carbonyl (C=O) groups is 2. The third kappa shape index (κ3) is 6.13. The molecule has 0 fully saturated rings. The largest absolute Gasteiger partial charge is 0.483 e. The normalized spacial score (nSPS) is 10.4. The molecule has 0 saturated carbocycles. The summed E-state index contributed by atoms with van der Waals surface area (Å²) in [6, 6.07) is 7.80. The summed E-state index contributed by atoms with van der Waals surface area (Å²) in [4.78, 5) is 26.7. The molecule has 1 aromatic heterocycles. The third-order valence-corrected chi connectivity index (χ3v) is 4.85. The van der Waals surface area contributed by atoms with E-state index in [0.29, 0.717) is 23.3 Å². The van der Waals surface area contributed by atoms with Gasteiger partial charge in [0.15, 0.2) is 6.61 Å². The van der Waals surface area contributed by atoms with Gasteiger partial charge in [-0.15, -0.1) is 11.3 Å². The number of amides is 2. The zero-order valence-electron chi connectivity index (χ0n) is 13.6. The average molecular weight is 429 g/mol. The number of thiophene rings is 1. The highest BCUT2D eigenvalue weighted by atomic mass is 79.9. The van der Waals surface area contributed by atoms with Gasteiger partial charge in [-0.3, -0.25) is 9.59 Å². The van der Waals surface area contributed by atoms with E-state index in [4.69, 9.17) is 4.74 Å². The highest BCUT2D eigenvalue weighted by molar-refractivity contribution is 9.10. The van der Waals surface area contributed by atoms with Gasteiger partial charge in [-0.05, 0) is 52.5 Å². The van der Waals surface area contributed by atoms with Crippen molar-refractivity contribution in [1.82, 2.24) is 10.2 Å². The molecular weight excluding hydrogens is 411 g/mol. The van der Waals surface area contributed by atoms with Gasteiger partial charge in [-0.2, -0.15) is 0 Å². The van der Waals surface area contributed by atoms with Crippen LogP contribution in [0.2, 0.25) is 0 Å². The Kier molecular flexibility index (Phi) is 7.39. The molecule has 1 aromatic carbocycles. The highest BCUT2D eigenvalue weighted by Crippen LogP contribution is 2.25. The number of carbonyl (C=O) groups excluding carboxylic acids is 2. The summed E-state index contributed by atoms with van der Waals surface area (Å²) < 4.78 is 18.9. The summed E-state index contributed by atoms with van der Waals surface area (Å²) in [5, 5.41) is 4.72. The minimum Gasteiger partial charge on any atom is -0.483 e. The monoisotopic (exact) mass is 428 g/mol. The summed E-state index contributed by atoms with van der Waals surface area (Å²) in [7, 11) is 0. The lowest BCUT2D eigenvalue weighted by Crippen LogP contribution is -2.42. The van der Waals surface area contributed by atoms with Crippen LogP contribution in [0.3, 0.4) is 0 Å². The van der Waals surface area contributed by atoms with E-state index in [1.54, 1.807) is 18.3 Å². The number of nitrogens with zero attached hydrogens (tertiary/aromatic N) is 1. The standard InChI is InChI=1S/C17H18BrFN2O3S/c1-2-21(10-16(22)20-9-13-4-3-7-25-13)17(23)11-24-15-6-5-12(19)8-14(15)18/h3-8H,2,9-11H2,1H3,(H,20,22). The maximum Gasteiger partial charge on any atom is 0.260 e. The van der Waals surface area contributed by atoms with Gasteiger partial charge in [0.05, 0.1) is 17.6 Å². The Labute approximate surface area is 157 Å². The first-order valence-electron chi connectivity index (χ1n) is 7.64. The van der Waals surface area contributed by atoms with Gasteiger partial charge in [0.1, 0.15) is 11.6 Å². The van der Waals surface area contributed by atoms with Gasteiger partial charge in [0.2, 0.25) is 5.91 Å². The molecule has 2 rings (SSSR count). The van der Waals surface area contributed by atoms with Crippen LogP contribution in [-0.4, -0.2) is 36.4 Å². The van der Waals surface area contributed by atoms with E-state index in [9.17, 15) is 14.0 Å². The maximum absolute atomic E-state index is 13.0. The number of ether oxygens (including phenoxy) is 1. The molecule has 0 aliphatic heterocycles. The van der Waals surface area contributed by atoms with E-state index >= 15 is 0 Å². The fourth-order valence-corrected chi connectivity index (χ4v) is 3.14. The Hall–Kier alpha value is -1.93. The maximum atomic E-state index is 13.0. The second-order valence-corrected chi connectivity index (χ2v) is 7.01. The van der Waals surface area contributed by atoms with E-state index in [1.807, 2.05) is 17.5 Å². The molecular formula is C17H18BrFN2O3S. The number of likely N-dealkylation sites (N-methyl/N-ethyl adjacent to an activating group) is 1. The van der Waals surface area contributed by atoms with Crippen molar-refractivity contribution in [2.24, 2.45) is 0 Å². The SMILES string of the molecule is CCN(CC(=O)NCc1cccs1)C(=O)COc1ccc(F)cc1Br. The number of nitrogens with one attached hydrogen (secondary N) is 1. The van der Waals surface area contributed by atoms with E-state index in [2.05, 4.69) is 21.2 Å². The highest BCUT2D eigenvalue weighted by Gasteiger charge is 2.16. The number of hydrogen-bond donors (Lipinski definition) is 1. The number of rotatable bonds is 8. The van der Waals surface area contributed by atoms with Crippen LogP contribution >= 0.6 is 27.3 Å². The molecule has 25 heavy (non-hydrogen) atoms. The van der Waals surface area contributed by atoms with Crippen LogP contribution in [0.15, 0.2) is 40.2 Å². The van der Waals surface area contributed by atoms with Crippen LogP contribution in [-0.2, 0) is 16.1 Å². The molecule has 2 aromatic rings. The van der Waals surface area contributed by atoms with Gasteiger partial charge in [0, 0.05) is 11.4 Å². The van der Waals surface area contributed by atoms with Crippen LogP contribution in [0.5, 0.6) is 5.75 Å². The van der Waals surface area contributed by atoms with Crippen molar-refractivity contribution < 1.29 is 18.7 Å². The van der Waals surface area contributed by atoms with Crippen molar-refractivity contribution >= 4 is 39.1 Å².